The van der Waals surface area contributed by atoms with E-state index in [1.54, 1.807) is 27.7 Å². The molecule has 176 valence electrons. The number of aliphatic carboxylic acids is 1. The van der Waals surface area contributed by atoms with Gasteiger partial charge in [0, 0.05) is 6.54 Å². The Bertz CT molecular complexity index is 690. The van der Waals surface area contributed by atoms with Crippen LogP contribution in [0.2, 0.25) is 0 Å². The Morgan fingerprint density at radius 1 is 1.10 bits per heavy atom. The number of hydrogen-bond acceptors (Lipinski definition) is 6. The van der Waals surface area contributed by atoms with Gasteiger partial charge in [-0.2, -0.15) is 0 Å². The summed E-state index contributed by atoms with van der Waals surface area (Å²) in [4.78, 5) is 61.3. The molecule has 1 rings (SSSR count). The van der Waals surface area contributed by atoms with Crippen LogP contribution in [0.5, 0.6) is 0 Å². The zero-order valence-electron chi connectivity index (χ0n) is 18.8. The van der Waals surface area contributed by atoms with E-state index in [9.17, 15) is 29.1 Å². The predicted molar refractivity (Wildman–Crippen MR) is 111 cm³/mol. The van der Waals surface area contributed by atoms with Crippen molar-refractivity contribution in [3.05, 3.63) is 0 Å². The highest BCUT2D eigenvalue weighted by Gasteiger charge is 2.39. The van der Waals surface area contributed by atoms with Crippen molar-refractivity contribution in [2.75, 3.05) is 19.6 Å². The van der Waals surface area contributed by atoms with Crippen LogP contribution in [0.1, 0.15) is 53.9 Å². The standard InChI is InChI=1S/C20H34N4O7/c1-6-12(2)16(17(27)24-9-7-8-13(24)18(28)29)23-15(26)11-21-14(25)10-22-19(30)31-20(3,4)5/h12-13,16H,6-11H2,1-5H3,(H,21,25)(H,22,30)(H,23,26)(H,28,29)/t12-,13+,16+/m1/s1. The number of ether oxygens (including phenoxy) is 1. The molecule has 0 aromatic carbocycles. The van der Waals surface area contributed by atoms with Crippen molar-refractivity contribution in [1.82, 2.24) is 20.9 Å². The molecule has 1 aliphatic rings. The van der Waals surface area contributed by atoms with Gasteiger partial charge >= 0.3 is 12.1 Å². The predicted octanol–water partition coefficient (Wildman–Crippen LogP) is 0.234. The molecular formula is C20H34N4O7. The number of carbonyl (C=O) groups excluding carboxylic acids is 4. The lowest BCUT2D eigenvalue weighted by molar-refractivity contribution is -0.150. The molecule has 0 saturated carbocycles. The summed E-state index contributed by atoms with van der Waals surface area (Å²) in [6.45, 7) is 8.28. The van der Waals surface area contributed by atoms with Gasteiger partial charge < -0.3 is 30.7 Å². The first kappa shape index (κ1) is 26.2. The molecule has 1 heterocycles. The number of carboxylic acids is 1. The fourth-order valence-corrected chi connectivity index (χ4v) is 3.08. The molecule has 4 N–H and O–H groups in total. The van der Waals surface area contributed by atoms with Crippen molar-refractivity contribution in [1.29, 1.82) is 0 Å². The van der Waals surface area contributed by atoms with E-state index >= 15 is 0 Å². The van der Waals surface area contributed by atoms with Crippen LogP contribution in [0.25, 0.3) is 0 Å². The summed E-state index contributed by atoms with van der Waals surface area (Å²) in [6.07, 6.45) is 0.801. The number of hydrogen-bond donors (Lipinski definition) is 4. The van der Waals surface area contributed by atoms with Crippen LogP contribution in [-0.4, -0.2) is 77.1 Å². The Morgan fingerprint density at radius 3 is 2.26 bits per heavy atom. The normalized spacial score (nSPS) is 18.0. The van der Waals surface area contributed by atoms with Gasteiger partial charge in [0.25, 0.3) is 0 Å². The number of nitrogens with zero attached hydrogens (tertiary/aromatic N) is 1. The molecule has 1 saturated heterocycles. The van der Waals surface area contributed by atoms with Crippen molar-refractivity contribution >= 4 is 29.8 Å². The van der Waals surface area contributed by atoms with Gasteiger partial charge in [0.1, 0.15) is 24.2 Å². The van der Waals surface area contributed by atoms with E-state index in [-0.39, 0.29) is 12.5 Å². The second kappa shape index (κ2) is 11.5. The van der Waals surface area contributed by atoms with Gasteiger partial charge in [0.05, 0.1) is 6.54 Å². The van der Waals surface area contributed by atoms with Crippen LogP contribution in [0, 0.1) is 5.92 Å². The molecule has 0 aliphatic carbocycles. The third-order valence-corrected chi connectivity index (χ3v) is 4.85. The molecule has 0 unspecified atom stereocenters. The fourth-order valence-electron chi connectivity index (χ4n) is 3.08. The van der Waals surface area contributed by atoms with E-state index in [4.69, 9.17) is 4.74 Å². The number of rotatable bonds is 9. The second-order valence-electron chi connectivity index (χ2n) is 8.59. The van der Waals surface area contributed by atoms with Gasteiger partial charge in [-0.25, -0.2) is 9.59 Å². The number of carbonyl (C=O) groups is 5. The first-order valence-electron chi connectivity index (χ1n) is 10.4. The van der Waals surface area contributed by atoms with Crippen molar-refractivity contribution in [3.8, 4) is 0 Å². The SMILES string of the molecule is CC[C@@H](C)[C@H](NC(=O)CNC(=O)CNC(=O)OC(C)(C)C)C(=O)N1CCC[C@H]1C(=O)O. The second-order valence-corrected chi connectivity index (χ2v) is 8.59. The molecule has 3 atom stereocenters. The van der Waals surface area contributed by atoms with Gasteiger partial charge in [-0.3, -0.25) is 14.4 Å². The molecule has 11 heteroatoms. The molecule has 0 aromatic rings. The van der Waals surface area contributed by atoms with E-state index in [1.807, 2.05) is 6.92 Å². The Kier molecular flexibility index (Phi) is 9.73. The molecule has 11 nitrogen and oxygen atoms in total. The van der Waals surface area contributed by atoms with Crippen LogP contribution in [-0.2, 0) is 23.9 Å². The Morgan fingerprint density at radius 2 is 1.71 bits per heavy atom. The van der Waals surface area contributed by atoms with Gasteiger partial charge in [0.2, 0.25) is 17.7 Å². The lowest BCUT2D eigenvalue weighted by Gasteiger charge is -2.30. The summed E-state index contributed by atoms with van der Waals surface area (Å²) in [6, 6.07) is -1.79. The zero-order chi connectivity index (χ0) is 23.8. The van der Waals surface area contributed by atoms with Crippen molar-refractivity contribution in [2.45, 2.75) is 71.6 Å². The molecule has 0 radical (unpaired) electrons. The Balaban J connectivity index is 2.58. The molecule has 31 heavy (non-hydrogen) atoms. The smallest absolute Gasteiger partial charge is 0.408 e. The first-order valence-corrected chi connectivity index (χ1v) is 10.4. The largest absolute Gasteiger partial charge is 0.480 e. The van der Waals surface area contributed by atoms with Crippen LogP contribution in [0.15, 0.2) is 0 Å². The minimum absolute atomic E-state index is 0.226. The maximum absolute atomic E-state index is 12.9. The summed E-state index contributed by atoms with van der Waals surface area (Å²) in [7, 11) is 0. The van der Waals surface area contributed by atoms with E-state index in [2.05, 4.69) is 16.0 Å². The highest BCUT2D eigenvalue weighted by molar-refractivity contribution is 5.92. The average Bonchev–Trinajstić information content (AvgIpc) is 3.16. The molecule has 1 fully saturated rings. The van der Waals surface area contributed by atoms with E-state index < -0.39 is 54.0 Å². The number of amides is 4. The molecule has 1 aliphatic heterocycles. The topological polar surface area (TPSA) is 154 Å². The molecule has 0 bridgehead atoms. The summed E-state index contributed by atoms with van der Waals surface area (Å²) in [5.74, 6) is -2.92. The summed E-state index contributed by atoms with van der Waals surface area (Å²) in [5, 5.41) is 16.6. The van der Waals surface area contributed by atoms with Crippen molar-refractivity contribution < 1.29 is 33.8 Å². The Hall–Kier alpha value is -2.85. The summed E-state index contributed by atoms with van der Waals surface area (Å²) in [5.41, 5.74) is -0.701. The molecule has 0 spiro atoms. The van der Waals surface area contributed by atoms with Crippen molar-refractivity contribution in [2.24, 2.45) is 5.92 Å². The number of nitrogens with one attached hydrogen (secondary N) is 3. The highest BCUT2D eigenvalue weighted by Crippen LogP contribution is 2.21. The quantitative estimate of drug-likeness (QED) is 0.399. The molecule has 0 aromatic heterocycles. The minimum atomic E-state index is -1.06. The lowest BCUT2D eigenvalue weighted by Crippen LogP contribution is -2.55. The molecule has 4 amide bonds. The minimum Gasteiger partial charge on any atom is -0.480 e. The van der Waals surface area contributed by atoms with Gasteiger partial charge in [-0.1, -0.05) is 20.3 Å². The van der Waals surface area contributed by atoms with Crippen LogP contribution >= 0.6 is 0 Å². The zero-order valence-corrected chi connectivity index (χ0v) is 18.8. The fraction of sp³-hybridized carbons (Fsp3) is 0.750. The average molecular weight is 443 g/mol. The maximum Gasteiger partial charge on any atom is 0.408 e. The van der Waals surface area contributed by atoms with Crippen LogP contribution in [0.4, 0.5) is 4.79 Å². The molecular weight excluding hydrogens is 408 g/mol. The van der Waals surface area contributed by atoms with E-state index in [0.29, 0.717) is 25.8 Å². The van der Waals surface area contributed by atoms with Crippen LogP contribution < -0.4 is 16.0 Å². The Labute approximate surface area is 182 Å². The monoisotopic (exact) mass is 442 g/mol. The van der Waals surface area contributed by atoms with Gasteiger partial charge in [-0.15, -0.1) is 0 Å². The number of likely N-dealkylation sites (tertiary alicyclic amines) is 1. The van der Waals surface area contributed by atoms with Crippen molar-refractivity contribution in [3.63, 3.8) is 0 Å². The lowest BCUT2D eigenvalue weighted by atomic mass is 9.97. The van der Waals surface area contributed by atoms with E-state index in [1.165, 1.54) is 4.90 Å². The van der Waals surface area contributed by atoms with Gasteiger partial charge in [-0.05, 0) is 39.5 Å². The summed E-state index contributed by atoms with van der Waals surface area (Å²) >= 11 is 0. The highest BCUT2D eigenvalue weighted by atomic mass is 16.6. The maximum atomic E-state index is 12.9. The number of alkyl carbamates (subject to hydrolysis) is 1. The first-order chi connectivity index (χ1) is 14.4. The summed E-state index contributed by atoms with van der Waals surface area (Å²) < 4.78 is 5.01. The number of carboxylic acid groups (broad SMARTS) is 1. The van der Waals surface area contributed by atoms with E-state index in [0.717, 1.165) is 0 Å². The van der Waals surface area contributed by atoms with Crippen LogP contribution in [0.3, 0.4) is 0 Å². The third-order valence-electron chi connectivity index (χ3n) is 4.85. The van der Waals surface area contributed by atoms with Gasteiger partial charge in [0.15, 0.2) is 0 Å². The third kappa shape index (κ3) is 8.81.